The van der Waals surface area contributed by atoms with Crippen LogP contribution in [0.25, 0.3) is 0 Å². The number of halogens is 1. The molecule has 2 fully saturated rings. The molecule has 0 bridgehead atoms. The Bertz CT molecular complexity index is 732. The molecule has 1 unspecified atom stereocenters. The van der Waals surface area contributed by atoms with E-state index in [1.165, 1.54) is 5.56 Å². The number of esters is 1. The summed E-state index contributed by atoms with van der Waals surface area (Å²) in [6.07, 6.45) is 1.60. The second-order valence-electron chi connectivity index (χ2n) is 8.15. The summed E-state index contributed by atoms with van der Waals surface area (Å²) in [5, 5.41) is 3.45. The number of carbonyl (C=O) groups is 1. The smallest absolute Gasteiger partial charge is 0.309 e. The first-order chi connectivity index (χ1) is 15.7. The molecule has 0 radical (unpaired) electrons. The van der Waals surface area contributed by atoms with Gasteiger partial charge in [0.25, 0.3) is 0 Å². The fourth-order valence-electron chi connectivity index (χ4n) is 4.33. The van der Waals surface area contributed by atoms with Crippen LogP contribution in [0.3, 0.4) is 0 Å². The highest BCUT2D eigenvalue weighted by Crippen LogP contribution is 2.25. The second-order valence-corrected chi connectivity index (χ2v) is 8.15. The highest BCUT2D eigenvalue weighted by molar-refractivity contribution is 14.0. The molecule has 9 heteroatoms. The van der Waals surface area contributed by atoms with E-state index in [1.807, 2.05) is 19.1 Å². The Morgan fingerprint density at radius 2 is 1.82 bits per heavy atom. The van der Waals surface area contributed by atoms with E-state index in [4.69, 9.17) is 19.2 Å². The summed E-state index contributed by atoms with van der Waals surface area (Å²) in [6, 6.07) is 8.46. The van der Waals surface area contributed by atoms with Gasteiger partial charge in [-0.05, 0) is 44.4 Å². The van der Waals surface area contributed by atoms with Crippen molar-refractivity contribution in [1.29, 1.82) is 0 Å². The molecule has 2 saturated heterocycles. The highest BCUT2D eigenvalue weighted by Gasteiger charge is 2.28. The number of ether oxygens (including phenoxy) is 3. The summed E-state index contributed by atoms with van der Waals surface area (Å²) in [5.74, 6) is 1.70. The molecule has 186 valence electrons. The number of carbonyl (C=O) groups excluding carboxylic acids is 1. The fourth-order valence-corrected chi connectivity index (χ4v) is 4.33. The molecule has 0 amide bonds. The molecule has 0 saturated carbocycles. The fraction of sp³-hybridized carbons (Fsp3) is 0.667. The standard InChI is InChI=1S/C24H38N4O4.HI/c1-4-25-24(28-12-10-20(11-13-28)23(29)32-5-2)26-18-22(27-14-16-31-17-15-27)19-6-8-21(30-3)9-7-19;/h6-9,20,22H,4-5,10-18H2,1-3H3,(H,25,26);1H. The van der Waals surface area contributed by atoms with E-state index in [1.54, 1.807) is 7.11 Å². The molecule has 1 N–H and O–H groups in total. The van der Waals surface area contributed by atoms with Crippen LogP contribution in [0.1, 0.15) is 38.3 Å². The minimum atomic E-state index is -0.0685. The number of guanidine groups is 1. The van der Waals surface area contributed by atoms with E-state index in [9.17, 15) is 4.79 Å². The molecule has 0 aliphatic carbocycles. The van der Waals surface area contributed by atoms with Gasteiger partial charge in [-0.3, -0.25) is 14.7 Å². The van der Waals surface area contributed by atoms with Crippen LogP contribution >= 0.6 is 24.0 Å². The maximum Gasteiger partial charge on any atom is 0.309 e. The Labute approximate surface area is 215 Å². The van der Waals surface area contributed by atoms with E-state index in [0.29, 0.717) is 13.2 Å². The van der Waals surface area contributed by atoms with E-state index < -0.39 is 0 Å². The first-order valence-corrected chi connectivity index (χ1v) is 11.8. The molecule has 2 aliphatic rings. The van der Waals surface area contributed by atoms with Gasteiger partial charge in [-0.25, -0.2) is 0 Å². The van der Waals surface area contributed by atoms with Gasteiger partial charge < -0.3 is 24.4 Å². The minimum Gasteiger partial charge on any atom is -0.497 e. The normalized spacial score (nSPS) is 18.9. The predicted molar refractivity (Wildman–Crippen MR) is 140 cm³/mol. The molecule has 8 nitrogen and oxygen atoms in total. The van der Waals surface area contributed by atoms with E-state index >= 15 is 0 Å². The Kier molecular flexibility index (Phi) is 12.3. The molecule has 2 heterocycles. The Hall–Kier alpha value is -1.59. The molecular weight excluding hydrogens is 535 g/mol. The van der Waals surface area contributed by atoms with Crippen molar-refractivity contribution in [1.82, 2.24) is 15.1 Å². The average molecular weight is 575 g/mol. The van der Waals surface area contributed by atoms with Crippen molar-refractivity contribution in [3.05, 3.63) is 29.8 Å². The van der Waals surface area contributed by atoms with E-state index in [2.05, 4.69) is 34.2 Å². The zero-order chi connectivity index (χ0) is 22.8. The van der Waals surface area contributed by atoms with Crippen LogP contribution in [0.15, 0.2) is 29.3 Å². The largest absolute Gasteiger partial charge is 0.497 e. The number of likely N-dealkylation sites (tertiary alicyclic amines) is 1. The predicted octanol–water partition coefficient (Wildman–Crippen LogP) is 2.93. The summed E-state index contributed by atoms with van der Waals surface area (Å²) in [6.45, 7) is 10.8. The van der Waals surface area contributed by atoms with Gasteiger partial charge in [0.15, 0.2) is 5.96 Å². The molecular formula is C24H39IN4O4. The van der Waals surface area contributed by atoms with Crippen molar-refractivity contribution >= 4 is 35.9 Å². The molecule has 0 aromatic heterocycles. The van der Waals surface area contributed by atoms with Crippen molar-refractivity contribution < 1.29 is 19.0 Å². The molecule has 1 atom stereocenters. The number of nitrogens with zero attached hydrogens (tertiary/aromatic N) is 3. The summed E-state index contributed by atoms with van der Waals surface area (Å²) < 4.78 is 16.1. The number of benzene rings is 1. The van der Waals surface area contributed by atoms with Crippen LogP contribution in [-0.2, 0) is 14.3 Å². The van der Waals surface area contributed by atoms with Gasteiger partial charge in [-0.2, -0.15) is 0 Å². The Morgan fingerprint density at radius 3 is 2.39 bits per heavy atom. The van der Waals surface area contributed by atoms with Gasteiger partial charge in [0.05, 0.1) is 45.4 Å². The first-order valence-electron chi connectivity index (χ1n) is 11.8. The van der Waals surface area contributed by atoms with E-state index in [-0.39, 0.29) is 41.9 Å². The zero-order valence-electron chi connectivity index (χ0n) is 20.1. The summed E-state index contributed by atoms with van der Waals surface area (Å²) in [7, 11) is 1.69. The lowest BCUT2D eigenvalue weighted by Gasteiger charge is -2.36. The monoisotopic (exact) mass is 574 g/mol. The maximum atomic E-state index is 12.1. The third-order valence-electron chi connectivity index (χ3n) is 6.15. The lowest BCUT2D eigenvalue weighted by Crippen LogP contribution is -2.47. The SMILES string of the molecule is CCNC(=NCC(c1ccc(OC)cc1)N1CCOCC1)N1CCC(C(=O)OCC)CC1.I. The van der Waals surface area contributed by atoms with Crippen molar-refractivity contribution in [2.24, 2.45) is 10.9 Å². The summed E-state index contributed by atoms with van der Waals surface area (Å²) in [4.78, 5) is 21.8. The van der Waals surface area contributed by atoms with Gasteiger partial charge in [0.2, 0.25) is 0 Å². The molecule has 2 aliphatic heterocycles. The summed E-state index contributed by atoms with van der Waals surface area (Å²) in [5.41, 5.74) is 1.23. The highest BCUT2D eigenvalue weighted by atomic mass is 127. The van der Waals surface area contributed by atoms with Crippen molar-refractivity contribution in [3.8, 4) is 5.75 Å². The van der Waals surface area contributed by atoms with E-state index in [0.717, 1.165) is 70.5 Å². The topological polar surface area (TPSA) is 75.6 Å². The van der Waals surface area contributed by atoms with Gasteiger partial charge in [0, 0.05) is 32.7 Å². The van der Waals surface area contributed by atoms with Gasteiger partial charge in [-0.15, -0.1) is 24.0 Å². The van der Waals surface area contributed by atoms with Gasteiger partial charge >= 0.3 is 5.97 Å². The zero-order valence-corrected chi connectivity index (χ0v) is 22.5. The van der Waals surface area contributed by atoms with Crippen molar-refractivity contribution in [2.45, 2.75) is 32.7 Å². The van der Waals surface area contributed by atoms with Crippen molar-refractivity contribution in [3.63, 3.8) is 0 Å². The number of methoxy groups -OCH3 is 1. The molecule has 33 heavy (non-hydrogen) atoms. The third-order valence-corrected chi connectivity index (χ3v) is 6.15. The number of morpholine rings is 1. The van der Waals surface area contributed by atoms with Crippen molar-refractivity contribution in [2.75, 3.05) is 66.2 Å². The quantitative estimate of drug-likeness (QED) is 0.222. The number of rotatable bonds is 8. The van der Waals surface area contributed by atoms with Gasteiger partial charge in [-0.1, -0.05) is 12.1 Å². The molecule has 0 spiro atoms. The van der Waals surface area contributed by atoms with Crippen LogP contribution in [0, 0.1) is 5.92 Å². The van der Waals surface area contributed by atoms with Crippen LogP contribution in [0.5, 0.6) is 5.75 Å². The second kappa shape index (κ2) is 14.6. The van der Waals surface area contributed by atoms with Crippen LogP contribution in [0.4, 0.5) is 0 Å². The van der Waals surface area contributed by atoms with Crippen LogP contribution in [-0.4, -0.2) is 87.9 Å². The number of piperidine rings is 1. The molecule has 1 aromatic rings. The summed E-state index contributed by atoms with van der Waals surface area (Å²) >= 11 is 0. The Balaban J connectivity index is 0.00000385. The lowest BCUT2D eigenvalue weighted by atomic mass is 9.97. The average Bonchev–Trinajstić information content (AvgIpc) is 2.85. The first kappa shape index (κ1) is 27.7. The third kappa shape index (κ3) is 7.99. The van der Waals surface area contributed by atoms with Gasteiger partial charge in [0.1, 0.15) is 5.75 Å². The van der Waals surface area contributed by atoms with Crippen LogP contribution in [0.2, 0.25) is 0 Å². The minimum absolute atomic E-state index is 0. The molecule has 1 aromatic carbocycles. The Morgan fingerprint density at radius 1 is 1.15 bits per heavy atom. The number of hydrogen-bond acceptors (Lipinski definition) is 6. The number of aliphatic imine (C=N–C) groups is 1. The van der Waals surface area contributed by atoms with Crippen LogP contribution < -0.4 is 10.1 Å². The number of nitrogens with one attached hydrogen (secondary N) is 1. The number of hydrogen-bond donors (Lipinski definition) is 1. The maximum absolute atomic E-state index is 12.1. The molecule has 3 rings (SSSR count). The lowest BCUT2D eigenvalue weighted by molar-refractivity contribution is -0.149.